The lowest BCUT2D eigenvalue weighted by Gasteiger charge is -2.18. The first kappa shape index (κ1) is 17.7. The van der Waals surface area contributed by atoms with Gasteiger partial charge in [0, 0.05) is 24.7 Å². The minimum Gasteiger partial charge on any atom is -0.337 e. The summed E-state index contributed by atoms with van der Waals surface area (Å²) in [6.07, 6.45) is 0. The average Bonchev–Trinajstić information content (AvgIpc) is 3.13. The maximum absolute atomic E-state index is 13.0. The number of tetrazole rings is 1. The number of hydrogen-bond donors (Lipinski definition) is 0. The summed E-state index contributed by atoms with van der Waals surface area (Å²) in [4.78, 5) is 14.3. The molecule has 0 atom stereocenters. The van der Waals surface area contributed by atoms with Crippen LogP contribution in [-0.4, -0.2) is 38.1 Å². The Morgan fingerprint density at radius 2 is 1.92 bits per heavy atom. The van der Waals surface area contributed by atoms with Crippen molar-refractivity contribution in [2.24, 2.45) is 0 Å². The van der Waals surface area contributed by atoms with Crippen LogP contribution in [0.15, 0.2) is 48.5 Å². The van der Waals surface area contributed by atoms with Crippen molar-refractivity contribution >= 4 is 5.91 Å². The van der Waals surface area contributed by atoms with Gasteiger partial charge in [0.1, 0.15) is 5.82 Å². The van der Waals surface area contributed by atoms with E-state index < -0.39 is 0 Å². The maximum Gasteiger partial charge on any atom is 0.253 e. The molecule has 1 heterocycles. The first-order valence-electron chi connectivity index (χ1n) is 8.34. The molecule has 1 amide bonds. The number of halogens is 1. The molecular formula is C19H20FN5O. The number of amides is 1. The van der Waals surface area contributed by atoms with Gasteiger partial charge in [0.15, 0.2) is 5.82 Å². The van der Waals surface area contributed by atoms with Crippen molar-refractivity contribution in [2.75, 3.05) is 7.05 Å². The van der Waals surface area contributed by atoms with Crippen molar-refractivity contribution in [2.45, 2.75) is 26.4 Å². The molecule has 0 spiro atoms. The second-order valence-electron chi connectivity index (χ2n) is 6.41. The summed E-state index contributed by atoms with van der Waals surface area (Å²) < 4.78 is 14.7. The Hall–Kier alpha value is -3.09. The van der Waals surface area contributed by atoms with Gasteiger partial charge in [0.25, 0.3) is 5.91 Å². The van der Waals surface area contributed by atoms with Crippen LogP contribution in [0, 0.1) is 5.82 Å². The largest absolute Gasteiger partial charge is 0.337 e. The Morgan fingerprint density at radius 1 is 1.19 bits per heavy atom. The summed E-state index contributed by atoms with van der Waals surface area (Å²) in [6, 6.07) is 13.5. The number of nitrogens with zero attached hydrogens (tertiary/aromatic N) is 5. The van der Waals surface area contributed by atoms with Crippen molar-refractivity contribution in [3.05, 3.63) is 65.5 Å². The fraction of sp³-hybridized carbons (Fsp3) is 0.263. The number of hydrogen-bond acceptors (Lipinski definition) is 4. The van der Waals surface area contributed by atoms with E-state index in [1.54, 1.807) is 40.9 Å². The molecule has 0 saturated heterocycles. The molecule has 0 saturated carbocycles. The Balaban J connectivity index is 1.81. The summed E-state index contributed by atoms with van der Waals surface area (Å²) in [7, 11) is 1.72. The zero-order valence-electron chi connectivity index (χ0n) is 14.9. The van der Waals surface area contributed by atoms with Crippen molar-refractivity contribution in [3.8, 4) is 11.4 Å². The minimum atomic E-state index is -0.293. The average molecular weight is 353 g/mol. The van der Waals surface area contributed by atoms with Gasteiger partial charge >= 0.3 is 0 Å². The van der Waals surface area contributed by atoms with Crippen molar-refractivity contribution in [3.63, 3.8) is 0 Å². The number of benzene rings is 2. The molecule has 0 N–H and O–H groups in total. The zero-order chi connectivity index (χ0) is 18.7. The maximum atomic E-state index is 13.0. The van der Waals surface area contributed by atoms with Gasteiger partial charge in [0.2, 0.25) is 0 Å². The number of rotatable bonds is 5. The standard InChI is InChI=1S/C19H20FN5O/c1-13(2)25-18(21-22-23-25)15-5-4-6-16(11-15)19(26)24(3)12-14-7-9-17(20)10-8-14/h4-11,13H,12H2,1-3H3. The molecular weight excluding hydrogens is 333 g/mol. The predicted molar refractivity (Wildman–Crippen MR) is 95.8 cm³/mol. The second-order valence-corrected chi connectivity index (χ2v) is 6.41. The number of carbonyl (C=O) groups is 1. The van der Waals surface area contributed by atoms with Crippen molar-refractivity contribution in [1.29, 1.82) is 0 Å². The number of carbonyl (C=O) groups excluding carboxylic acids is 1. The highest BCUT2D eigenvalue weighted by Gasteiger charge is 2.16. The molecule has 6 nitrogen and oxygen atoms in total. The smallest absolute Gasteiger partial charge is 0.253 e. The van der Waals surface area contributed by atoms with E-state index in [0.717, 1.165) is 11.1 Å². The van der Waals surface area contributed by atoms with Crippen LogP contribution >= 0.6 is 0 Å². The zero-order valence-corrected chi connectivity index (χ0v) is 14.9. The molecule has 134 valence electrons. The molecule has 1 aromatic heterocycles. The predicted octanol–water partition coefficient (Wildman–Crippen LogP) is 3.33. The van der Waals surface area contributed by atoms with Gasteiger partial charge in [-0.25, -0.2) is 9.07 Å². The highest BCUT2D eigenvalue weighted by molar-refractivity contribution is 5.95. The molecule has 26 heavy (non-hydrogen) atoms. The van der Waals surface area contributed by atoms with E-state index in [4.69, 9.17) is 0 Å². The van der Waals surface area contributed by atoms with Gasteiger partial charge in [-0.3, -0.25) is 4.79 Å². The molecule has 7 heteroatoms. The van der Waals surface area contributed by atoms with Gasteiger partial charge < -0.3 is 4.90 Å². The fourth-order valence-electron chi connectivity index (χ4n) is 2.68. The Morgan fingerprint density at radius 3 is 2.62 bits per heavy atom. The van der Waals surface area contributed by atoms with Gasteiger partial charge in [-0.1, -0.05) is 24.3 Å². The van der Waals surface area contributed by atoms with Crippen LogP contribution in [0.2, 0.25) is 0 Å². The summed E-state index contributed by atoms with van der Waals surface area (Å²) in [5.74, 6) is 0.203. The highest BCUT2D eigenvalue weighted by atomic mass is 19.1. The molecule has 0 unspecified atom stereocenters. The normalized spacial score (nSPS) is 11.0. The number of aromatic nitrogens is 4. The van der Waals surface area contributed by atoms with Crippen LogP contribution in [0.4, 0.5) is 4.39 Å². The molecule has 0 radical (unpaired) electrons. The molecule has 0 fully saturated rings. The lowest BCUT2D eigenvalue weighted by atomic mass is 10.1. The third-order valence-electron chi connectivity index (χ3n) is 4.03. The summed E-state index contributed by atoms with van der Waals surface area (Å²) in [5.41, 5.74) is 2.19. The van der Waals surface area contributed by atoms with E-state index in [1.165, 1.54) is 12.1 Å². The summed E-state index contributed by atoms with van der Waals surface area (Å²) in [5, 5.41) is 11.8. The molecule has 2 aromatic carbocycles. The van der Waals surface area contributed by atoms with E-state index in [9.17, 15) is 9.18 Å². The first-order valence-corrected chi connectivity index (χ1v) is 8.34. The van der Waals surface area contributed by atoms with E-state index in [0.29, 0.717) is 17.9 Å². The molecule has 3 aromatic rings. The molecule has 0 aliphatic heterocycles. The second kappa shape index (κ2) is 7.43. The van der Waals surface area contributed by atoms with E-state index in [2.05, 4.69) is 15.5 Å². The monoisotopic (exact) mass is 353 g/mol. The van der Waals surface area contributed by atoms with Gasteiger partial charge in [-0.15, -0.1) is 5.10 Å². The third-order valence-corrected chi connectivity index (χ3v) is 4.03. The SMILES string of the molecule is CC(C)n1nnnc1-c1cccc(C(=O)N(C)Cc2ccc(F)cc2)c1. The molecule has 3 rings (SSSR count). The summed E-state index contributed by atoms with van der Waals surface area (Å²) in [6.45, 7) is 4.38. The Kier molecular flexibility index (Phi) is 5.06. The molecule has 0 bridgehead atoms. The van der Waals surface area contributed by atoms with E-state index >= 15 is 0 Å². The van der Waals surface area contributed by atoms with Crippen molar-refractivity contribution < 1.29 is 9.18 Å². The lowest BCUT2D eigenvalue weighted by Crippen LogP contribution is -2.26. The van der Waals surface area contributed by atoms with E-state index in [-0.39, 0.29) is 17.8 Å². The Labute approximate surface area is 151 Å². The lowest BCUT2D eigenvalue weighted by molar-refractivity contribution is 0.0785. The van der Waals surface area contributed by atoms with Crippen LogP contribution in [0.3, 0.4) is 0 Å². The summed E-state index contributed by atoms with van der Waals surface area (Å²) >= 11 is 0. The van der Waals surface area contributed by atoms with Crippen LogP contribution < -0.4 is 0 Å². The van der Waals surface area contributed by atoms with Gasteiger partial charge in [-0.05, 0) is 54.1 Å². The van der Waals surface area contributed by atoms with Crippen LogP contribution in [0.5, 0.6) is 0 Å². The highest BCUT2D eigenvalue weighted by Crippen LogP contribution is 2.21. The molecule has 0 aliphatic carbocycles. The third kappa shape index (κ3) is 3.77. The van der Waals surface area contributed by atoms with Crippen molar-refractivity contribution in [1.82, 2.24) is 25.1 Å². The van der Waals surface area contributed by atoms with Crippen LogP contribution in [0.25, 0.3) is 11.4 Å². The topological polar surface area (TPSA) is 63.9 Å². The first-order chi connectivity index (χ1) is 12.5. The van der Waals surface area contributed by atoms with Crippen LogP contribution in [0.1, 0.15) is 35.8 Å². The van der Waals surface area contributed by atoms with Gasteiger partial charge in [0.05, 0.1) is 6.04 Å². The van der Waals surface area contributed by atoms with Crippen LogP contribution in [-0.2, 0) is 6.54 Å². The Bertz CT molecular complexity index is 904. The van der Waals surface area contributed by atoms with E-state index in [1.807, 2.05) is 26.0 Å². The minimum absolute atomic E-state index is 0.112. The van der Waals surface area contributed by atoms with Gasteiger partial charge in [-0.2, -0.15) is 0 Å². The fourth-order valence-corrected chi connectivity index (χ4v) is 2.68. The quantitative estimate of drug-likeness (QED) is 0.706. The molecule has 0 aliphatic rings.